The van der Waals surface area contributed by atoms with E-state index in [0.717, 1.165) is 44.0 Å². The third-order valence-corrected chi connectivity index (χ3v) is 14.4. The highest BCUT2D eigenvalue weighted by atomic mass is 35.5. The number of alkyl halides is 3. The van der Waals surface area contributed by atoms with E-state index < -0.39 is 68.9 Å². The van der Waals surface area contributed by atoms with Crippen molar-refractivity contribution in [3.05, 3.63) is 111 Å². The lowest BCUT2D eigenvalue weighted by atomic mass is 9.72. The van der Waals surface area contributed by atoms with Crippen LogP contribution in [0.2, 0.25) is 5.02 Å². The molecule has 3 aliphatic heterocycles. The first-order valence-corrected chi connectivity index (χ1v) is 24.1. The van der Waals surface area contributed by atoms with Crippen LogP contribution in [-0.4, -0.2) is 112 Å². The number of piperazine rings is 1. The average Bonchev–Trinajstić information content (AvgIpc) is 3.71. The summed E-state index contributed by atoms with van der Waals surface area (Å²) in [5.41, 5.74) is 4.14. The van der Waals surface area contributed by atoms with Crippen molar-refractivity contribution in [3.63, 3.8) is 0 Å². The second kappa shape index (κ2) is 18.5. The van der Waals surface area contributed by atoms with Crippen LogP contribution in [0, 0.1) is 15.5 Å². The van der Waals surface area contributed by atoms with E-state index in [4.69, 9.17) is 25.8 Å². The van der Waals surface area contributed by atoms with E-state index in [1.165, 1.54) is 27.7 Å². The lowest BCUT2D eigenvalue weighted by Crippen LogP contribution is -2.47. The first-order chi connectivity index (χ1) is 32.3. The molecule has 2 aromatic heterocycles. The van der Waals surface area contributed by atoms with Gasteiger partial charge in [-0.25, -0.2) is 17.5 Å². The van der Waals surface area contributed by atoms with E-state index in [1.807, 2.05) is 16.9 Å². The molecule has 4 aliphatic rings. The summed E-state index contributed by atoms with van der Waals surface area (Å²) in [5, 5.41) is 16.0. The number of hydrogen-bond acceptors (Lipinski definition) is 13. The monoisotopic (exact) mass is 978 g/mol. The van der Waals surface area contributed by atoms with Crippen LogP contribution in [0.25, 0.3) is 16.6 Å². The lowest BCUT2D eigenvalue weighted by Gasteiger charge is -2.39. The number of nitro groups is 1. The van der Waals surface area contributed by atoms with Crippen molar-refractivity contribution in [1.29, 1.82) is 0 Å². The Bertz CT molecular complexity index is 2890. The molecule has 1 aliphatic carbocycles. The molecule has 0 spiro atoms. The largest absolute Gasteiger partial charge is 0.412 e. The molecule has 1 atom stereocenters. The van der Waals surface area contributed by atoms with Gasteiger partial charge in [-0.3, -0.25) is 19.8 Å². The fourth-order valence-electron chi connectivity index (χ4n) is 9.15. The van der Waals surface area contributed by atoms with Gasteiger partial charge < -0.3 is 34.3 Å². The summed E-state index contributed by atoms with van der Waals surface area (Å²) in [6.45, 7) is 6.83. The molecule has 0 unspecified atom stereocenters. The molecule has 2 fully saturated rings. The van der Waals surface area contributed by atoms with Crippen molar-refractivity contribution in [1.82, 2.24) is 19.6 Å². The maximum Gasteiger partial charge on any atom is 0.400 e. The van der Waals surface area contributed by atoms with Gasteiger partial charge in [0.1, 0.15) is 23.6 Å². The fourth-order valence-corrected chi connectivity index (χ4v) is 10.3. The molecule has 16 nitrogen and oxygen atoms in total. The van der Waals surface area contributed by atoms with Gasteiger partial charge in [0.15, 0.2) is 0 Å². The summed E-state index contributed by atoms with van der Waals surface area (Å²) in [6.07, 6.45) is 0.142. The predicted octanol–water partition coefficient (Wildman–Crippen LogP) is 8.67. The first kappa shape index (κ1) is 47.1. The van der Waals surface area contributed by atoms with Gasteiger partial charge in [0, 0.05) is 67.6 Å². The summed E-state index contributed by atoms with van der Waals surface area (Å²) in [6, 6.07) is 18.9. The topological polar surface area (TPSA) is 185 Å². The Labute approximate surface area is 395 Å². The molecular formula is C47H50ClF3N8O8S. The van der Waals surface area contributed by atoms with Crippen molar-refractivity contribution in [2.45, 2.75) is 56.4 Å². The Morgan fingerprint density at radius 2 is 1.74 bits per heavy atom. The van der Waals surface area contributed by atoms with E-state index in [-0.39, 0.29) is 47.8 Å². The van der Waals surface area contributed by atoms with Gasteiger partial charge >= 0.3 is 6.11 Å². The number of amides is 1. The summed E-state index contributed by atoms with van der Waals surface area (Å²) in [5.74, 6) is -3.81. The number of sulfonamides is 1. The Hall–Kier alpha value is -5.93. The van der Waals surface area contributed by atoms with Crippen molar-refractivity contribution in [2.75, 3.05) is 80.8 Å². The number of ether oxygens (including phenoxy) is 3. The Balaban J connectivity index is 1.01. The van der Waals surface area contributed by atoms with Gasteiger partial charge in [0.2, 0.25) is 11.7 Å². The molecule has 360 valence electrons. The highest BCUT2D eigenvalue weighted by Crippen LogP contribution is 2.45. The van der Waals surface area contributed by atoms with E-state index >= 15 is 13.2 Å². The second-order valence-electron chi connectivity index (χ2n) is 18.3. The van der Waals surface area contributed by atoms with E-state index in [1.54, 1.807) is 30.5 Å². The van der Waals surface area contributed by atoms with Gasteiger partial charge in [0.25, 0.3) is 21.6 Å². The number of nitrogens with one attached hydrogen (secondary N) is 3. The van der Waals surface area contributed by atoms with Gasteiger partial charge in [-0.2, -0.15) is 13.8 Å². The van der Waals surface area contributed by atoms with Gasteiger partial charge in [-0.1, -0.05) is 43.2 Å². The normalized spacial score (nSPS) is 20.9. The maximum atomic E-state index is 15.3. The van der Waals surface area contributed by atoms with Crippen LogP contribution in [0.1, 0.15) is 55.5 Å². The SMILES string of the molecule is CC1(C)CCC(CN2CCN(c3ccc(C(=O)NS(=O)(=O)c4ccc(NC[C@]5(F)COCCO5)c([N+](=O)[O-])c4)c(N4CCC(F)(F)Oc5nc6[nH]ccc6cc54)c3)CC2)=C(c2ccc(Cl)cc2)C1. The number of hydrogen-bond donors (Lipinski definition) is 3. The second-order valence-corrected chi connectivity index (χ2v) is 20.4. The third kappa shape index (κ3) is 10.2. The number of carbonyl (C=O) groups is 1. The minimum absolute atomic E-state index is 0.0257. The number of anilines is 4. The quantitative estimate of drug-likeness (QED) is 0.0798. The van der Waals surface area contributed by atoms with Crippen LogP contribution in [-0.2, 0) is 19.5 Å². The Kier molecular flexibility index (Phi) is 12.8. The molecule has 0 bridgehead atoms. The van der Waals surface area contributed by atoms with E-state index in [9.17, 15) is 23.3 Å². The van der Waals surface area contributed by atoms with Crippen molar-refractivity contribution in [3.8, 4) is 5.88 Å². The van der Waals surface area contributed by atoms with Crippen molar-refractivity contribution >= 4 is 72.6 Å². The summed E-state index contributed by atoms with van der Waals surface area (Å²) >= 11 is 6.24. The zero-order valence-corrected chi connectivity index (χ0v) is 38.9. The number of carbonyl (C=O) groups excluding carboxylic acids is 1. The molecule has 3 aromatic carbocycles. The van der Waals surface area contributed by atoms with Crippen LogP contribution in [0.3, 0.4) is 0 Å². The predicted molar refractivity (Wildman–Crippen MR) is 251 cm³/mol. The number of rotatable bonds is 12. The fraction of sp³-hybridized carbons (Fsp3) is 0.404. The number of benzene rings is 3. The number of nitrogens with zero attached hydrogens (tertiary/aromatic N) is 5. The lowest BCUT2D eigenvalue weighted by molar-refractivity contribution is -0.384. The minimum Gasteiger partial charge on any atom is -0.412 e. The van der Waals surface area contributed by atoms with E-state index in [2.05, 4.69) is 51.1 Å². The number of fused-ring (bicyclic) bond motifs is 2. The summed E-state index contributed by atoms with van der Waals surface area (Å²) in [4.78, 5) is 38.3. The average molecular weight is 979 g/mol. The molecule has 9 rings (SSSR count). The van der Waals surface area contributed by atoms with Crippen LogP contribution in [0.15, 0.2) is 89.5 Å². The standard InChI is InChI=1S/C47H50ClF3N8O8S/c1-45(2)13-11-32(37(26-45)30-3-5-33(48)6-4-30)27-56-17-19-57(20-18-56)34-7-9-36(39(24-34)58-16-14-47(50,51)67-44-41(58)23-31-12-15-52-42(31)54-44)43(60)55-68(63,64)35-8-10-38(40(25-35)59(61)62)53-28-46(49)29-65-21-22-66-46/h3-10,12,15,23-25,53H,11,13-14,16-22,26-29H2,1-2H3,(H,52,54)(H,55,60)/t46-/m1/s1. The van der Waals surface area contributed by atoms with Crippen LogP contribution >= 0.6 is 11.6 Å². The van der Waals surface area contributed by atoms with Crippen LogP contribution < -0.4 is 24.6 Å². The molecule has 5 heterocycles. The first-order valence-electron chi connectivity index (χ1n) is 22.3. The molecular weight excluding hydrogens is 929 g/mol. The third-order valence-electron chi connectivity index (χ3n) is 12.8. The number of H-pyrrole nitrogens is 1. The molecule has 1 amide bonds. The highest BCUT2D eigenvalue weighted by molar-refractivity contribution is 7.90. The highest BCUT2D eigenvalue weighted by Gasteiger charge is 2.40. The molecule has 2 saturated heterocycles. The van der Waals surface area contributed by atoms with Gasteiger partial charge in [0.05, 0.1) is 47.2 Å². The zero-order valence-electron chi connectivity index (χ0n) is 37.3. The number of allylic oxidation sites excluding steroid dienone is 1. The van der Waals surface area contributed by atoms with Crippen LogP contribution in [0.5, 0.6) is 5.88 Å². The molecule has 21 heteroatoms. The molecule has 3 N–H and O–H groups in total. The smallest absolute Gasteiger partial charge is 0.400 e. The maximum absolute atomic E-state index is 15.3. The molecule has 0 radical (unpaired) electrons. The Morgan fingerprint density at radius 1 is 0.956 bits per heavy atom. The minimum atomic E-state index is -4.82. The molecule has 68 heavy (non-hydrogen) atoms. The zero-order chi connectivity index (χ0) is 48.0. The number of aromatic nitrogens is 2. The number of nitro benzene ring substituents is 1. The molecule has 5 aromatic rings. The Morgan fingerprint density at radius 3 is 2.47 bits per heavy atom. The number of aromatic amines is 1. The summed E-state index contributed by atoms with van der Waals surface area (Å²) < 4.78 is 90.9. The van der Waals surface area contributed by atoms with Gasteiger partial charge in [-0.05, 0) is 90.4 Å². The number of halogens is 4. The van der Waals surface area contributed by atoms with Gasteiger partial charge in [-0.15, -0.1) is 0 Å². The van der Waals surface area contributed by atoms with E-state index in [0.29, 0.717) is 47.9 Å². The summed E-state index contributed by atoms with van der Waals surface area (Å²) in [7, 11) is -4.82. The van der Waals surface area contributed by atoms with Crippen molar-refractivity contribution in [2.24, 2.45) is 5.41 Å². The number of pyridine rings is 1. The van der Waals surface area contributed by atoms with Crippen molar-refractivity contribution < 1.29 is 45.5 Å². The molecule has 0 saturated carbocycles. The van der Waals surface area contributed by atoms with Crippen LogP contribution in [0.4, 0.5) is 41.6 Å².